The molecule has 3 unspecified atom stereocenters. The summed E-state index contributed by atoms with van der Waals surface area (Å²) in [6.45, 7) is 3.47. The first-order chi connectivity index (χ1) is 4.10. The van der Waals surface area contributed by atoms with E-state index in [1.807, 2.05) is 0 Å². The predicted molar refractivity (Wildman–Crippen MR) is 33.8 cm³/mol. The lowest BCUT2D eigenvalue weighted by Gasteiger charge is -1.97. The minimum absolute atomic E-state index is 0.150. The lowest BCUT2D eigenvalue weighted by molar-refractivity contribution is 0.152. The molecular weight excluding hydrogens is 116 g/mol. The van der Waals surface area contributed by atoms with Crippen molar-refractivity contribution in [2.45, 2.75) is 31.7 Å². The molecule has 0 aromatic heterocycles. The highest BCUT2D eigenvalue weighted by atomic mass is 16.6. The van der Waals surface area contributed by atoms with Crippen LogP contribution in [0, 0.1) is 12.3 Å². The minimum atomic E-state index is -0.492. The van der Waals surface area contributed by atoms with Crippen LogP contribution in [0.1, 0.15) is 13.8 Å². The van der Waals surface area contributed by atoms with Gasteiger partial charge in [-0.15, -0.1) is 6.42 Å². The molecule has 1 N–H and O–H groups in total. The monoisotopic (exact) mass is 126 g/mol. The molecule has 1 aliphatic rings. The summed E-state index contributed by atoms with van der Waals surface area (Å²) >= 11 is 0. The van der Waals surface area contributed by atoms with E-state index in [1.165, 1.54) is 0 Å². The summed E-state index contributed by atoms with van der Waals surface area (Å²) in [5.74, 6) is 2.46. The Kier molecular flexibility index (Phi) is 1.27. The van der Waals surface area contributed by atoms with Gasteiger partial charge < -0.3 is 9.84 Å². The molecule has 0 aromatic rings. The largest absolute Gasteiger partial charge is 0.391 e. The van der Waals surface area contributed by atoms with Gasteiger partial charge in [-0.2, -0.15) is 0 Å². The first kappa shape index (κ1) is 6.60. The van der Waals surface area contributed by atoms with Crippen molar-refractivity contribution in [3.8, 4) is 12.3 Å². The van der Waals surface area contributed by atoms with Gasteiger partial charge in [0.1, 0.15) is 6.10 Å². The fraction of sp³-hybridized carbons (Fsp3) is 0.714. The zero-order valence-corrected chi connectivity index (χ0v) is 5.59. The van der Waals surface area contributed by atoms with Crippen molar-refractivity contribution < 1.29 is 9.84 Å². The van der Waals surface area contributed by atoms with Gasteiger partial charge in [-0.3, -0.25) is 0 Å². The van der Waals surface area contributed by atoms with Crippen LogP contribution >= 0.6 is 0 Å². The topological polar surface area (TPSA) is 32.8 Å². The summed E-state index contributed by atoms with van der Waals surface area (Å²) in [7, 11) is 0. The van der Waals surface area contributed by atoms with Crippen molar-refractivity contribution in [2.75, 3.05) is 0 Å². The van der Waals surface area contributed by atoms with Crippen molar-refractivity contribution in [1.82, 2.24) is 0 Å². The highest BCUT2D eigenvalue weighted by Crippen LogP contribution is 2.37. The molecule has 3 atom stereocenters. The lowest BCUT2D eigenvalue weighted by atomic mass is 10.1. The first-order valence-electron chi connectivity index (χ1n) is 2.94. The van der Waals surface area contributed by atoms with Crippen LogP contribution in [0.15, 0.2) is 0 Å². The van der Waals surface area contributed by atoms with Crippen molar-refractivity contribution in [2.24, 2.45) is 0 Å². The van der Waals surface area contributed by atoms with E-state index >= 15 is 0 Å². The van der Waals surface area contributed by atoms with Crippen LogP contribution in [0.25, 0.3) is 0 Å². The Balaban J connectivity index is 2.51. The maximum absolute atomic E-state index is 8.94. The summed E-state index contributed by atoms with van der Waals surface area (Å²) in [5, 5.41) is 8.94. The zero-order valence-electron chi connectivity index (χ0n) is 5.59. The van der Waals surface area contributed by atoms with Gasteiger partial charge in [0.25, 0.3) is 0 Å². The van der Waals surface area contributed by atoms with Crippen LogP contribution < -0.4 is 0 Å². The van der Waals surface area contributed by atoms with Crippen molar-refractivity contribution in [1.29, 1.82) is 0 Å². The van der Waals surface area contributed by atoms with E-state index in [0.29, 0.717) is 0 Å². The third-order valence-electron chi connectivity index (χ3n) is 1.58. The molecule has 9 heavy (non-hydrogen) atoms. The first-order valence-corrected chi connectivity index (χ1v) is 2.94. The maximum Gasteiger partial charge on any atom is 0.154 e. The second-order valence-electron chi connectivity index (χ2n) is 2.53. The molecule has 0 bridgehead atoms. The smallest absolute Gasteiger partial charge is 0.154 e. The van der Waals surface area contributed by atoms with Crippen LogP contribution in [0.2, 0.25) is 0 Å². The van der Waals surface area contributed by atoms with E-state index in [0.717, 1.165) is 0 Å². The summed E-state index contributed by atoms with van der Waals surface area (Å²) in [6, 6.07) is 0. The molecule has 1 rings (SSSR count). The molecular formula is C7H10O2. The van der Waals surface area contributed by atoms with Crippen molar-refractivity contribution in [3.05, 3.63) is 0 Å². The number of ether oxygens (including phenoxy) is 1. The SMILES string of the molecule is C#CC1(C)OC1C(C)O. The summed E-state index contributed by atoms with van der Waals surface area (Å²) < 4.78 is 5.03. The predicted octanol–water partition coefficient (Wildman–Crippen LogP) is 0.158. The Bertz CT molecular complexity index is 157. The molecule has 2 nitrogen and oxygen atoms in total. The molecule has 0 spiro atoms. The fourth-order valence-electron chi connectivity index (χ4n) is 0.905. The molecule has 1 heterocycles. The number of terminal acetylenes is 1. The maximum atomic E-state index is 8.94. The Hall–Kier alpha value is -0.520. The van der Waals surface area contributed by atoms with Gasteiger partial charge in [0.2, 0.25) is 0 Å². The summed E-state index contributed by atoms with van der Waals surface area (Å²) in [4.78, 5) is 0. The molecule has 0 amide bonds. The van der Waals surface area contributed by atoms with Gasteiger partial charge >= 0.3 is 0 Å². The Morgan fingerprint density at radius 1 is 1.89 bits per heavy atom. The molecule has 1 fully saturated rings. The molecule has 1 saturated heterocycles. The average molecular weight is 126 g/mol. The number of epoxide rings is 1. The third kappa shape index (κ3) is 0.937. The average Bonchev–Trinajstić information content (AvgIpc) is 2.44. The van der Waals surface area contributed by atoms with E-state index in [2.05, 4.69) is 5.92 Å². The molecule has 0 aliphatic carbocycles. The molecule has 1 aliphatic heterocycles. The zero-order chi connectivity index (χ0) is 7.07. The van der Waals surface area contributed by atoms with Crippen molar-refractivity contribution >= 4 is 0 Å². The van der Waals surface area contributed by atoms with Crippen LogP contribution in [0.4, 0.5) is 0 Å². The standard InChI is InChI=1S/C7H10O2/c1-4-7(3)6(9-7)5(2)8/h1,5-6,8H,2-3H3. The van der Waals surface area contributed by atoms with Crippen LogP contribution in [0.5, 0.6) is 0 Å². The normalized spacial score (nSPS) is 43.6. The summed E-state index contributed by atoms with van der Waals surface area (Å²) in [5.41, 5.74) is -0.492. The van der Waals surface area contributed by atoms with Gasteiger partial charge in [0, 0.05) is 0 Å². The van der Waals surface area contributed by atoms with Gasteiger partial charge in [0.05, 0.1) is 6.10 Å². The Morgan fingerprint density at radius 2 is 2.44 bits per heavy atom. The summed E-state index contributed by atoms with van der Waals surface area (Å²) in [6.07, 6.45) is 4.51. The van der Waals surface area contributed by atoms with Gasteiger partial charge in [0.15, 0.2) is 5.60 Å². The van der Waals surface area contributed by atoms with Crippen LogP contribution in [-0.4, -0.2) is 22.9 Å². The Morgan fingerprint density at radius 3 is 2.56 bits per heavy atom. The highest BCUT2D eigenvalue weighted by Gasteiger charge is 2.53. The molecule has 0 radical (unpaired) electrons. The van der Waals surface area contributed by atoms with E-state index < -0.39 is 11.7 Å². The second-order valence-corrected chi connectivity index (χ2v) is 2.53. The van der Waals surface area contributed by atoms with Gasteiger partial charge in [-0.05, 0) is 13.8 Å². The minimum Gasteiger partial charge on any atom is -0.391 e. The molecule has 0 saturated carbocycles. The second kappa shape index (κ2) is 1.73. The van der Waals surface area contributed by atoms with Crippen molar-refractivity contribution in [3.63, 3.8) is 0 Å². The van der Waals surface area contributed by atoms with Crippen LogP contribution in [-0.2, 0) is 4.74 Å². The van der Waals surface area contributed by atoms with E-state index in [9.17, 15) is 0 Å². The quantitative estimate of drug-likeness (QED) is 0.401. The highest BCUT2D eigenvalue weighted by molar-refractivity contribution is 5.20. The number of hydrogen-bond acceptors (Lipinski definition) is 2. The number of rotatable bonds is 1. The van der Waals surface area contributed by atoms with E-state index in [-0.39, 0.29) is 6.10 Å². The number of hydrogen-bond donors (Lipinski definition) is 1. The number of aliphatic hydroxyl groups excluding tert-OH is 1. The van der Waals surface area contributed by atoms with Gasteiger partial charge in [-0.1, -0.05) is 5.92 Å². The van der Waals surface area contributed by atoms with E-state index in [1.54, 1.807) is 13.8 Å². The molecule has 2 heteroatoms. The Labute approximate surface area is 54.8 Å². The third-order valence-corrected chi connectivity index (χ3v) is 1.58. The lowest BCUT2D eigenvalue weighted by Crippen LogP contribution is -2.17. The molecule has 50 valence electrons. The van der Waals surface area contributed by atoms with Gasteiger partial charge in [-0.25, -0.2) is 0 Å². The fourth-order valence-corrected chi connectivity index (χ4v) is 0.905. The van der Waals surface area contributed by atoms with E-state index in [4.69, 9.17) is 16.3 Å². The molecule has 0 aromatic carbocycles. The number of aliphatic hydroxyl groups is 1. The van der Waals surface area contributed by atoms with Crippen LogP contribution in [0.3, 0.4) is 0 Å².